The zero-order valence-electron chi connectivity index (χ0n) is 15.0. The van der Waals surface area contributed by atoms with Crippen LogP contribution in [0.25, 0.3) is 0 Å². The van der Waals surface area contributed by atoms with Crippen LogP contribution in [0.15, 0.2) is 63.3 Å². The van der Waals surface area contributed by atoms with Gasteiger partial charge in [0.15, 0.2) is 5.84 Å². The summed E-state index contributed by atoms with van der Waals surface area (Å²) in [6.45, 7) is 0. The molecule has 0 bridgehead atoms. The standard InChI is InChI=1S/C19H12F4N6O/c20-10-2-3-12(13(21)7-10)15(25)11(5-6-24)9-1-4-14-26-18(29(14)8-9)17-27-19(16(22)23)30-28-17/h1-5,7-8,14-16H,25H2/b11-5-. The SMILES string of the molecule is N#C/C=C(/C1=CN2C(c3noc(C(F)F)n3)=NC2C=C1)C(N)c1ccc(F)cc1F. The molecule has 0 radical (unpaired) electrons. The predicted octanol–water partition coefficient (Wildman–Crippen LogP) is 3.28. The molecule has 2 aromatic rings. The van der Waals surface area contributed by atoms with Gasteiger partial charge in [-0.15, -0.1) is 0 Å². The lowest BCUT2D eigenvalue weighted by molar-refractivity contribution is 0.106. The van der Waals surface area contributed by atoms with E-state index in [-0.39, 0.29) is 22.8 Å². The van der Waals surface area contributed by atoms with Gasteiger partial charge in [0.05, 0.1) is 12.1 Å². The van der Waals surface area contributed by atoms with E-state index in [0.717, 1.165) is 12.1 Å². The van der Waals surface area contributed by atoms with Gasteiger partial charge in [-0.3, -0.25) is 0 Å². The van der Waals surface area contributed by atoms with Crippen molar-refractivity contribution in [1.29, 1.82) is 5.26 Å². The van der Waals surface area contributed by atoms with E-state index in [2.05, 4.69) is 19.7 Å². The van der Waals surface area contributed by atoms with Crippen LogP contribution in [0.2, 0.25) is 0 Å². The van der Waals surface area contributed by atoms with Crippen LogP contribution in [0, 0.1) is 23.0 Å². The molecule has 0 amide bonds. The van der Waals surface area contributed by atoms with Crippen LogP contribution in [0.4, 0.5) is 17.6 Å². The van der Waals surface area contributed by atoms with Crippen molar-refractivity contribution >= 4 is 5.84 Å². The van der Waals surface area contributed by atoms with Crippen molar-refractivity contribution in [1.82, 2.24) is 15.0 Å². The molecule has 2 aliphatic rings. The number of halogens is 4. The van der Waals surface area contributed by atoms with Gasteiger partial charge in [-0.25, -0.2) is 13.8 Å². The smallest absolute Gasteiger partial charge is 0.315 e. The molecule has 30 heavy (non-hydrogen) atoms. The molecule has 2 aliphatic heterocycles. The summed E-state index contributed by atoms with van der Waals surface area (Å²) in [5, 5.41) is 12.7. The maximum atomic E-state index is 14.2. The first-order valence-corrected chi connectivity index (χ1v) is 8.58. The molecule has 0 spiro atoms. The van der Waals surface area contributed by atoms with Crippen LogP contribution >= 0.6 is 0 Å². The molecule has 0 aliphatic carbocycles. The fraction of sp³-hybridized carbons (Fsp3) is 0.158. The largest absolute Gasteiger partial charge is 0.332 e. The number of aliphatic imine (C=N–C) groups is 1. The molecule has 3 heterocycles. The van der Waals surface area contributed by atoms with Crippen molar-refractivity contribution in [2.75, 3.05) is 0 Å². The molecule has 2 atom stereocenters. The molecule has 1 aromatic carbocycles. The third-order valence-corrected chi connectivity index (χ3v) is 4.52. The number of nitrogens with two attached hydrogens (primary N) is 1. The predicted molar refractivity (Wildman–Crippen MR) is 95.6 cm³/mol. The van der Waals surface area contributed by atoms with Crippen LogP contribution < -0.4 is 5.73 Å². The monoisotopic (exact) mass is 416 g/mol. The van der Waals surface area contributed by atoms with E-state index in [1.807, 2.05) is 6.07 Å². The molecule has 7 nitrogen and oxygen atoms in total. The van der Waals surface area contributed by atoms with Crippen molar-refractivity contribution < 1.29 is 22.1 Å². The van der Waals surface area contributed by atoms with E-state index in [9.17, 15) is 17.6 Å². The fourth-order valence-corrected chi connectivity index (χ4v) is 3.08. The number of nitrogens with zero attached hydrogens (tertiary/aromatic N) is 5. The maximum absolute atomic E-state index is 14.2. The molecule has 0 saturated heterocycles. The summed E-state index contributed by atoms with van der Waals surface area (Å²) in [5.74, 6) is -2.35. The van der Waals surface area contributed by atoms with Gasteiger partial charge >= 0.3 is 6.43 Å². The Kier molecular flexibility index (Phi) is 4.93. The second-order valence-corrected chi connectivity index (χ2v) is 6.35. The van der Waals surface area contributed by atoms with Gasteiger partial charge < -0.3 is 15.2 Å². The molecule has 4 rings (SSSR count). The van der Waals surface area contributed by atoms with Crippen LogP contribution in [-0.2, 0) is 0 Å². The van der Waals surface area contributed by atoms with Gasteiger partial charge in [0.1, 0.15) is 17.8 Å². The maximum Gasteiger partial charge on any atom is 0.315 e. The van der Waals surface area contributed by atoms with Gasteiger partial charge in [0.2, 0.25) is 5.82 Å². The zero-order valence-corrected chi connectivity index (χ0v) is 15.0. The molecular formula is C19H12F4N6O. The summed E-state index contributed by atoms with van der Waals surface area (Å²) in [4.78, 5) is 9.40. The Balaban J connectivity index is 1.64. The van der Waals surface area contributed by atoms with E-state index < -0.39 is 36.2 Å². The number of nitriles is 1. The van der Waals surface area contributed by atoms with E-state index in [1.165, 1.54) is 6.07 Å². The second kappa shape index (κ2) is 7.57. The molecular weight excluding hydrogens is 404 g/mol. The number of benzene rings is 1. The molecule has 1 aromatic heterocycles. The Morgan fingerprint density at radius 2 is 2.13 bits per heavy atom. The Morgan fingerprint density at radius 1 is 1.33 bits per heavy atom. The quantitative estimate of drug-likeness (QED) is 0.593. The lowest BCUT2D eigenvalue weighted by Crippen LogP contribution is -2.46. The first-order chi connectivity index (χ1) is 14.4. The van der Waals surface area contributed by atoms with Crippen molar-refractivity contribution in [2.45, 2.75) is 18.6 Å². The molecule has 0 saturated carbocycles. The zero-order chi connectivity index (χ0) is 21.4. The third kappa shape index (κ3) is 3.37. The van der Waals surface area contributed by atoms with Crippen LogP contribution in [0.5, 0.6) is 0 Å². The number of allylic oxidation sites excluding steroid dienone is 2. The highest BCUT2D eigenvalue weighted by atomic mass is 19.3. The first kappa shape index (κ1) is 19.5. The van der Waals surface area contributed by atoms with Gasteiger partial charge in [-0.2, -0.15) is 19.0 Å². The van der Waals surface area contributed by atoms with E-state index in [0.29, 0.717) is 11.6 Å². The summed E-state index contributed by atoms with van der Waals surface area (Å²) in [6, 6.07) is 3.79. The third-order valence-electron chi connectivity index (χ3n) is 4.52. The Hall–Kier alpha value is -3.78. The average Bonchev–Trinajstić information content (AvgIpc) is 3.17. The molecule has 0 fully saturated rings. The lowest BCUT2D eigenvalue weighted by Gasteiger charge is -2.37. The number of aromatic nitrogens is 2. The highest BCUT2D eigenvalue weighted by Gasteiger charge is 2.35. The Bertz CT molecular complexity index is 1160. The minimum absolute atomic E-state index is 0.00608. The van der Waals surface area contributed by atoms with Crippen molar-refractivity contribution in [3.05, 3.63) is 82.7 Å². The second-order valence-electron chi connectivity index (χ2n) is 6.35. The van der Waals surface area contributed by atoms with E-state index in [4.69, 9.17) is 11.0 Å². The molecule has 11 heteroatoms. The molecule has 152 valence electrons. The van der Waals surface area contributed by atoms with E-state index >= 15 is 0 Å². The molecule has 2 N–H and O–H groups in total. The number of hydrogen-bond acceptors (Lipinski definition) is 7. The summed E-state index contributed by atoms with van der Waals surface area (Å²) in [7, 11) is 0. The van der Waals surface area contributed by atoms with Crippen molar-refractivity contribution in [3.8, 4) is 6.07 Å². The van der Waals surface area contributed by atoms with Crippen LogP contribution in [-0.4, -0.2) is 27.0 Å². The number of rotatable bonds is 5. The molecule has 2 unspecified atom stereocenters. The summed E-state index contributed by atoms with van der Waals surface area (Å²) >= 11 is 0. The van der Waals surface area contributed by atoms with Gasteiger partial charge in [-0.05, 0) is 23.3 Å². The summed E-state index contributed by atoms with van der Waals surface area (Å²) < 4.78 is 57.3. The van der Waals surface area contributed by atoms with Crippen LogP contribution in [0.1, 0.15) is 29.7 Å². The number of alkyl halides is 2. The first-order valence-electron chi connectivity index (χ1n) is 8.58. The average molecular weight is 416 g/mol. The highest BCUT2D eigenvalue weighted by Crippen LogP contribution is 2.33. The topological polar surface area (TPSA) is 104 Å². The van der Waals surface area contributed by atoms with Crippen molar-refractivity contribution in [2.24, 2.45) is 10.7 Å². The summed E-state index contributed by atoms with van der Waals surface area (Å²) in [6.07, 6.45) is 2.71. The minimum atomic E-state index is -2.91. The lowest BCUT2D eigenvalue weighted by atomic mass is 9.91. The fourth-order valence-electron chi connectivity index (χ4n) is 3.08. The van der Waals surface area contributed by atoms with Gasteiger partial charge in [0.25, 0.3) is 5.89 Å². The van der Waals surface area contributed by atoms with Gasteiger partial charge in [0, 0.05) is 23.9 Å². The number of amidine groups is 1. The van der Waals surface area contributed by atoms with E-state index in [1.54, 1.807) is 23.3 Å². The summed E-state index contributed by atoms with van der Waals surface area (Å²) in [5.41, 5.74) is 6.89. The number of hydrogen-bond donors (Lipinski definition) is 1. The normalized spacial score (nSPS) is 19.0. The highest BCUT2D eigenvalue weighted by molar-refractivity contribution is 6.00. The minimum Gasteiger partial charge on any atom is -0.332 e. The Labute approximate surface area is 167 Å². The van der Waals surface area contributed by atoms with Crippen LogP contribution in [0.3, 0.4) is 0 Å². The Morgan fingerprint density at radius 3 is 2.80 bits per heavy atom. The van der Waals surface area contributed by atoms with Gasteiger partial charge in [-0.1, -0.05) is 17.3 Å². The van der Waals surface area contributed by atoms with Crippen molar-refractivity contribution in [3.63, 3.8) is 0 Å². The number of fused-ring (bicyclic) bond motifs is 1.